The van der Waals surface area contributed by atoms with Crippen LogP contribution in [0.2, 0.25) is 0 Å². The molecule has 0 aromatic rings. The molecule has 0 heterocycles. The largest absolute Gasteiger partial charge is 0.481 e. The summed E-state index contributed by atoms with van der Waals surface area (Å²) in [5, 5.41) is 7.99. The number of likely N-dealkylation sites (N-methyl/N-ethyl adjacent to an activating group) is 3. The zero-order valence-corrected chi connectivity index (χ0v) is 14.9. The van der Waals surface area contributed by atoms with Crippen LogP contribution in [0.15, 0.2) is 0 Å². The van der Waals surface area contributed by atoms with E-state index >= 15 is 0 Å². The van der Waals surface area contributed by atoms with Gasteiger partial charge in [0, 0.05) is 48.6 Å². The first-order chi connectivity index (χ1) is 8.16. The van der Waals surface area contributed by atoms with E-state index in [-0.39, 0.29) is 28.3 Å². The van der Waals surface area contributed by atoms with Gasteiger partial charge in [-0.1, -0.05) is 13.8 Å². The van der Waals surface area contributed by atoms with Crippen molar-refractivity contribution in [2.75, 3.05) is 61.4 Å². The van der Waals surface area contributed by atoms with Crippen LogP contribution in [0.25, 0.3) is 0 Å². The minimum atomic E-state index is -0.741. The molecule has 0 fully saturated rings. The first-order valence-electron chi connectivity index (χ1n) is 6.37. The van der Waals surface area contributed by atoms with Crippen LogP contribution in [-0.2, 0) is 27.2 Å². The first kappa shape index (κ1) is 24.1. The van der Waals surface area contributed by atoms with Crippen LogP contribution in [0.5, 0.6) is 0 Å². The first-order valence-corrected chi connectivity index (χ1v) is 6.37. The molecular formula is C13H31AgN3O2. The summed E-state index contributed by atoms with van der Waals surface area (Å²) in [4.78, 5) is 16.5. The Bertz CT molecular complexity index is 200. The van der Waals surface area contributed by atoms with Gasteiger partial charge in [-0.2, -0.15) is 0 Å². The second kappa shape index (κ2) is 14.5. The number of nitrogens with zero attached hydrogens (tertiary/aromatic N) is 3. The molecule has 1 N–H and O–H groups in total. The predicted octanol–water partition coefficient (Wildman–Crippen LogP) is 0.766. The van der Waals surface area contributed by atoms with E-state index in [1.807, 2.05) is 0 Å². The molecule has 0 aliphatic carbocycles. The molecule has 0 rings (SSSR count). The maximum atomic E-state index is 9.70. The van der Waals surface area contributed by atoms with E-state index in [9.17, 15) is 4.79 Å². The zero-order valence-electron chi connectivity index (χ0n) is 13.4. The maximum Gasteiger partial charge on any atom is 0.305 e. The molecule has 5 nitrogen and oxygen atoms in total. The molecule has 0 saturated carbocycles. The summed E-state index contributed by atoms with van der Waals surface area (Å²) in [6.07, 6.45) is 0. The Labute approximate surface area is 134 Å². The van der Waals surface area contributed by atoms with Gasteiger partial charge in [-0.25, -0.2) is 0 Å². The van der Waals surface area contributed by atoms with Gasteiger partial charge in [-0.3, -0.25) is 4.79 Å². The SMILES string of the molecule is CC(C)C(=O)O.CN(C)CCN(C)CCN(C)C.[Ag]. The van der Waals surface area contributed by atoms with Crippen molar-refractivity contribution in [3.05, 3.63) is 0 Å². The second-order valence-electron chi connectivity index (χ2n) is 5.40. The molecule has 1 radical (unpaired) electrons. The molecule has 0 spiro atoms. The third-order valence-corrected chi connectivity index (χ3v) is 2.35. The molecule has 6 heteroatoms. The molecule has 0 aliphatic heterocycles. The van der Waals surface area contributed by atoms with E-state index in [1.54, 1.807) is 13.8 Å². The van der Waals surface area contributed by atoms with Gasteiger partial charge in [0.2, 0.25) is 0 Å². The van der Waals surface area contributed by atoms with Gasteiger partial charge in [0.25, 0.3) is 0 Å². The fourth-order valence-electron chi connectivity index (χ4n) is 0.853. The molecule has 0 atom stereocenters. The average molecular weight is 369 g/mol. The molecule has 0 amide bonds. The van der Waals surface area contributed by atoms with Gasteiger partial charge < -0.3 is 19.8 Å². The molecule has 0 aliphatic rings. The number of carboxylic acids is 1. The van der Waals surface area contributed by atoms with Crippen molar-refractivity contribution in [1.82, 2.24) is 14.7 Å². The van der Waals surface area contributed by atoms with Crippen molar-refractivity contribution >= 4 is 5.97 Å². The molecule has 0 bridgehead atoms. The number of hydrogen-bond acceptors (Lipinski definition) is 4. The van der Waals surface area contributed by atoms with E-state index in [2.05, 4.69) is 49.9 Å². The monoisotopic (exact) mass is 368 g/mol. The van der Waals surface area contributed by atoms with Crippen LogP contribution in [-0.4, -0.2) is 87.2 Å². The smallest absolute Gasteiger partial charge is 0.305 e. The number of carboxylic acid groups (broad SMARTS) is 1. The number of carbonyl (C=O) groups is 1. The van der Waals surface area contributed by atoms with Crippen molar-refractivity contribution in [3.63, 3.8) is 0 Å². The van der Waals surface area contributed by atoms with Crippen LogP contribution in [0.4, 0.5) is 0 Å². The Morgan fingerprint density at radius 3 is 1.32 bits per heavy atom. The summed E-state index contributed by atoms with van der Waals surface area (Å²) in [5.74, 6) is -0.972. The third kappa shape index (κ3) is 23.6. The van der Waals surface area contributed by atoms with E-state index in [1.165, 1.54) is 0 Å². The van der Waals surface area contributed by atoms with Gasteiger partial charge in [-0.05, 0) is 35.2 Å². The van der Waals surface area contributed by atoms with Gasteiger partial charge in [0.1, 0.15) is 0 Å². The van der Waals surface area contributed by atoms with Gasteiger partial charge in [0.05, 0.1) is 5.92 Å². The number of rotatable bonds is 7. The minimum Gasteiger partial charge on any atom is -0.481 e. The van der Waals surface area contributed by atoms with Crippen molar-refractivity contribution in [2.45, 2.75) is 13.8 Å². The molecule has 0 unspecified atom stereocenters. The molecule has 0 aromatic carbocycles. The van der Waals surface area contributed by atoms with Crippen LogP contribution >= 0.6 is 0 Å². The fourth-order valence-corrected chi connectivity index (χ4v) is 0.853. The predicted molar refractivity (Wildman–Crippen MR) is 77.1 cm³/mol. The van der Waals surface area contributed by atoms with Gasteiger partial charge >= 0.3 is 5.97 Å². The van der Waals surface area contributed by atoms with Crippen molar-refractivity contribution in [1.29, 1.82) is 0 Å². The van der Waals surface area contributed by atoms with Crippen molar-refractivity contribution in [2.24, 2.45) is 5.92 Å². The summed E-state index contributed by atoms with van der Waals surface area (Å²) >= 11 is 0. The quantitative estimate of drug-likeness (QED) is 0.672. The Morgan fingerprint density at radius 2 is 1.16 bits per heavy atom. The van der Waals surface area contributed by atoms with E-state index < -0.39 is 5.97 Å². The fraction of sp³-hybridized carbons (Fsp3) is 0.923. The molecule has 0 aromatic heterocycles. The summed E-state index contributed by atoms with van der Waals surface area (Å²) in [7, 11) is 10.6. The summed E-state index contributed by atoms with van der Waals surface area (Å²) in [6, 6.07) is 0. The van der Waals surface area contributed by atoms with Crippen LogP contribution < -0.4 is 0 Å². The Kier molecular flexibility index (Phi) is 18.4. The maximum absolute atomic E-state index is 9.70. The second-order valence-corrected chi connectivity index (χ2v) is 5.40. The summed E-state index contributed by atoms with van der Waals surface area (Å²) in [5.41, 5.74) is 0. The number of aliphatic carboxylic acids is 1. The Morgan fingerprint density at radius 1 is 0.895 bits per heavy atom. The Balaban J connectivity index is -0.000000313. The van der Waals surface area contributed by atoms with Crippen molar-refractivity contribution in [3.8, 4) is 0 Å². The normalized spacial score (nSPS) is 10.5. The Hall–Kier alpha value is 0.0903. The van der Waals surface area contributed by atoms with E-state index in [4.69, 9.17) is 5.11 Å². The third-order valence-electron chi connectivity index (χ3n) is 2.35. The van der Waals surface area contributed by atoms with Crippen molar-refractivity contribution < 1.29 is 32.3 Å². The summed E-state index contributed by atoms with van der Waals surface area (Å²) in [6.45, 7) is 7.88. The van der Waals surface area contributed by atoms with Crippen LogP contribution in [0.1, 0.15) is 13.8 Å². The standard InChI is InChI=1S/C9H23N3.C4H8O2.Ag/c1-10(2)6-8-12(5)9-7-11(3)4;1-3(2)4(5)6;/h6-9H2,1-5H3;3H,1-2H3,(H,5,6);. The average Bonchev–Trinajstić information content (AvgIpc) is 2.24. The van der Waals surface area contributed by atoms with Gasteiger partial charge in [-0.15, -0.1) is 0 Å². The zero-order chi connectivity index (χ0) is 14.7. The number of hydrogen-bond donors (Lipinski definition) is 1. The van der Waals surface area contributed by atoms with Crippen LogP contribution in [0.3, 0.4) is 0 Å². The molecule has 121 valence electrons. The molecule has 19 heavy (non-hydrogen) atoms. The van der Waals surface area contributed by atoms with E-state index in [0.29, 0.717) is 0 Å². The molecular weight excluding hydrogens is 338 g/mol. The summed E-state index contributed by atoms with van der Waals surface area (Å²) < 4.78 is 0. The minimum absolute atomic E-state index is 0. The van der Waals surface area contributed by atoms with E-state index in [0.717, 1.165) is 26.2 Å². The van der Waals surface area contributed by atoms with Crippen LogP contribution in [0, 0.1) is 5.92 Å². The topological polar surface area (TPSA) is 47.0 Å². The van der Waals surface area contributed by atoms with Gasteiger partial charge in [0.15, 0.2) is 0 Å². The molecule has 0 saturated heterocycles.